The number of nitrogens with one attached hydrogen (secondary N) is 1. The zero-order valence-corrected chi connectivity index (χ0v) is 11.0. The van der Waals surface area contributed by atoms with E-state index in [1.165, 1.54) is 16.7 Å². The molecule has 0 bridgehead atoms. The number of rotatable bonds is 2. The van der Waals surface area contributed by atoms with Gasteiger partial charge in [-0.1, -0.05) is 29.8 Å². The molecule has 0 unspecified atom stereocenters. The van der Waals surface area contributed by atoms with Gasteiger partial charge in [0.1, 0.15) is 0 Å². The van der Waals surface area contributed by atoms with Gasteiger partial charge in [-0.25, -0.2) is 0 Å². The van der Waals surface area contributed by atoms with E-state index in [0.717, 1.165) is 22.8 Å². The van der Waals surface area contributed by atoms with Crippen molar-refractivity contribution in [2.45, 2.75) is 13.8 Å². The second kappa shape index (κ2) is 4.39. The molecule has 0 spiro atoms. The van der Waals surface area contributed by atoms with Gasteiger partial charge in [0.2, 0.25) is 0 Å². The normalized spacial score (nSPS) is 10.8. The highest BCUT2D eigenvalue weighted by Gasteiger charge is 2.07. The Balaban J connectivity index is 2.22. The van der Waals surface area contributed by atoms with Crippen molar-refractivity contribution in [3.8, 4) is 11.1 Å². The molecule has 0 aliphatic heterocycles. The maximum atomic E-state index is 11.0. The van der Waals surface area contributed by atoms with Crippen molar-refractivity contribution in [2.24, 2.45) is 0 Å². The summed E-state index contributed by atoms with van der Waals surface area (Å²) in [5.41, 5.74) is 6.58. The summed E-state index contributed by atoms with van der Waals surface area (Å²) in [6, 6.07) is 12.6. The maximum absolute atomic E-state index is 11.0. The van der Waals surface area contributed by atoms with Crippen LogP contribution in [0.2, 0.25) is 0 Å². The van der Waals surface area contributed by atoms with Crippen LogP contribution in [0.3, 0.4) is 0 Å². The van der Waals surface area contributed by atoms with Crippen LogP contribution in [-0.2, 0) is 0 Å². The minimum atomic E-state index is 0.710. The fourth-order valence-corrected chi connectivity index (χ4v) is 2.54. The van der Waals surface area contributed by atoms with Gasteiger partial charge in [0.25, 0.3) is 0 Å². The van der Waals surface area contributed by atoms with Gasteiger partial charge in [-0.15, -0.1) is 0 Å². The molecule has 0 atom stereocenters. The molecule has 1 heterocycles. The molecule has 2 aromatic carbocycles. The Morgan fingerprint density at radius 2 is 1.89 bits per heavy atom. The van der Waals surface area contributed by atoms with Crippen LogP contribution in [0.1, 0.15) is 21.5 Å². The average Bonchev–Trinajstić information content (AvgIpc) is 2.80. The number of H-pyrrole nitrogens is 1. The van der Waals surface area contributed by atoms with E-state index >= 15 is 0 Å². The van der Waals surface area contributed by atoms with Crippen LogP contribution >= 0.6 is 0 Å². The van der Waals surface area contributed by atoms with E-state index in [2.05, 4.69) is 49.2 Å². The number of hydrogen-bond donors (Lipinski definition) is 1. The molecule has 0 saturated carbocycles. The molecule has 0 radical (unpaired) electrons. The molecule has 3 rings (SSSR count). The third-order valence-electron chi connectivity index (χ3n) is 3.53. The summed E-state index contributed by atoms with van der Waals surface area (Å²) in [6.07, 6.45) is 2.65. The van der Waals surface area contributed by atoms with Crippen molar-refractivity contribution >= 4 is 17.2 Å². The first-order valence-corrected chi connectivity index (χ1v) is 6.33. The Labute approximate surface area is 112 Å². The number of hydrogen-bond acceptors (Lipinski definition) is 1. The Morgan fingerprint density at radius 3 is 2.63 bits per heavy atom. The molecule has 1 N–H and O–H groups in total. The molecular formula is C17H15NO. The lowest BCUT2D eigenvalue weighted by Crippen LogP contribution is -1.85. The van der Waals surface area contributed by atoms with Gasteiger partial charge in [-0.05, 0) is 42.7 Å². The van der Waals surface area contributed by atoms with Crippen molar-refractivity contribution < 1.29 is 4.79 Å². The van der Waals surface area contributed by atoms with Crippen molar-refractivity contribution in [1.82, 2.24) is 4.98 Å². The Bertz CT molecular complexity index is 768. The van der Waals surface area contributed by atoms with E-state index in [1.54, 1.807) is 6.20 Å². The third-order valence-corrected chi connectivity index (χ3v) is 3.53. The van der Waals surface area contributed by atoms with Crippen molar-refractivity contribution in [3.05, 3.63) is 59.3 Å². The van der Waals surface area contributed by atoms with Crippen molar-refractivity contribution in [2.75, 3.05) is 0 Å². The zero-order chi connectivity index (χ0) is 13.4. The fourth-order valence-electron chi connectivity index (χ4n) is 2.54. The van der Waals surface area contributed by atoms with Gasteiger partial charge >= 0.3 is 0 Å². The number of fused-ring (bicyclic) bond motifs is 1. The SMILES string of the molecule is Cc1ccc(-c2ccc3[nH]cc(C=O)c3c2)c(C)c1. The van der Waals surface area contributed by atoms with Crippen LogP contribution in [0.5, 0.6) is 0 Å². The van der Waals surface area contributed by atoms with E-state index in [9.17, 15) is 4.79 Å². The summed E-state index contributed by atoms with van der Waals surface area (Å²) in [4.78, 5) is 14.1. The van der Waals surface area contributed by atoms with Crippen LogP contribution in [0, 0.1) is 13.8 Å². The van der Waals surface area contributed by atoms with Crippen LogP contribution in [-0.4, -0.2) is 11.3 Å². The van der Waals surface area contributed by atoms with E-state index in [0.29, 0.717) is 5.56 Å². The molecule has 0 saturated heterocycles. The number of carbonyl (C=O) groups excluding carboxylic acids is 1. The molecule has 0 amide bonds. The summed E-state index contributed by atoms with van der Waals surface area (Å²) in [5, 5.41) is 0.979. The second-order valence-corrected chi connectivity index (χ2v) is 4.94. The van der Waals surface area contributed by atoms with Crippen LogP contribution in [0.4, 0.5) is 0 Å². The van der Waals surface area contributed by atoms with Gasteiger partial charge in [0, 0.05) is 22.7 Å². The number of aromatic amines is 1. The maximum Gasteiger partial charge on any atom is 0.152 e. The van der Waals surface area contributed by atoms with Gasteiger partial charge < -0.3 is 4.98 Å². The summed E-state index contributed by atoms with van der Waals surface area (Å²) >= 11 is 0. The number of aryl methyl sites for hydroxylation is 2. The molecule has 0 fully saturated rings. The first-order chi connectivity index (χ1) is 9.19. The highest BCUT2D eigenvalue weighted by Crippen LogP contribution is 2.28. The lowest BCUT2D eigenvalue weighted by molar-refractivity contribution is 0.112. The van der Waals surface area contributed by atoms with Crippen LogP contribution in [0.25, 0.3) is 22.0 Å². The number of aldehydes is 1. The highest BCUT2D eigenvalue weighted by molar-refractivity contribution is 5.99. The predicted molar refractivity (Wildman–Crippen MR) is 78.6 cm³/mol. The topological polar surface area (TPSA) is 32.9 Å². The van der Waals surface area contributed by atoms with Gasteiger partial charge in [-0.2, -0.15) is 0 Å². The first kappa shape index (κ1) is 11.7. The van der Waals surface area contributed by atoms with Crippen molar-refractivity contribution in [1.29, 1.82) is 0 Å². The standard InChI is InChI=1S/C17H15NO/c1-11-3-5-15(12(2)7-11)13-4-6-17-16(8-13)14(10-19)9-18-17/h3-10,18H,1-2H3. The largest absolute Gasteiger partial charge is 0.360 e. The minimum Gasteiger partial charge on any atom is -0.360 e. The molecule has 94 valence electrons. The van der Waals surface area contributed by atoms with E-state index in [4.69, 9.17) is 0 Å². The molecule has 0 aliphatic carbocycles. The van der Waals surface area contributed by atoms with E-state index < -0.39 is 0 Å². The summed E-state index contributed by atoms with van der Waals surface area (Å²) in [6.45, 7) is 4.21. The summed E-state index contributed by atoms with van der Waals surface area (Å²) in [7, 11) is 0. The minimum absolute atomic E-state index is 0.710. The van der Waals surface area contributed by atoms with Crippen LogP contribution in [0.15, 0.2) is 42.6 Å². The molecule has 2 heteroatoms. The molecule has 0 aliphatic rings. The average molecular weight is 249 g/mol. The molecule has 2 nitrogen and oxygen atoms in total. The molecular weight excluding hydrogens is 234 g/mol. The van der Waals surface area contributed by atoms with Gasteiger partial charge in [0.05, 0.1) is 0 Å². The highest BCUT2D eigenvalue weighted by atomic mass is 16.1. The van der Waals surface area contributed by atoms with E-state index in [1.807, 2.05) is 6.07 Å². The van der Waals surface area contributed by atoms with Gasteiger partial charge in [-0.3, -0.25) is 4.79 Å². The summed E-state index contributed by atoms with van der Waals surface area (Å²) < 4.78 is 0. The number of aromatic nitrogens is 1. The van der Waals surface area contributed by atoms with Gasteiger partial charge in [0.15, 0.2) is 6.29 Å². The fraction of sp³-hybridized carbons (Fsp3) is 0.118. The second-order valence-electron chi connectivity index (χ2n) is 4.94. The van der Waals surface area contributed by atoms with E-state index in [-0.39, 0.29) is 0 Å². The van der Waals surface area contributed by atoms with Crippen LogP contribution < -0.4 is 0 Å². The Morgan fingerprint density at radius 1 is 1.05 bits per heavy atom. The molecule has 1 aromatic heterocycles. The Kier molecular flexibility index (Phi) is 2.71. The zero-order valence-electron chi connectivity index (χ0n) is 11.0. The number of carbonyl (C=O) groups is 1. The third kappa shape index (κ3) is 1.95. The molecule has 19 heavy (non-hydrogen) atoms. The van der Waals surface area contributed by atoms with Crippen molar-refractivity contribution in [3.63, 3.8) is 0 Å². The first-order valence-electron chi connectivity index (χ1n) is 6.33. The predicted octanol–water partition coefficient (Wildman–Crippen LogP) is 4.26. The lowest BCUT2D eigenvalue weighted by Gasteiger charge is -2.07. The monoisotopic (exact) mass is 249 g/mol. The summed E-state index contributed by atoms with van der Waals surface area (Å²) in [5.74, 6) is 0. The quantitative estimate of drug-likeness (QED) is 0.676. The molecule has 3 aromatic rings. The Hall–Kier alpha value is -2.35. The lowest BCUT2D eigenvalue weighted by atomic mass is 9.97. The smallest absolute Gasteiger partial charge is 0.152 e. The number of benzene rings is 2.